The van der Waals surface area contributed by atoms with Gasteiger partial charge in [-0.2, -0.15) is 0 Å². The van der Waals surface area contributed by atoms with E-state index in [4.69, 9.17) is 5.11 Å². The summed E-state index contributed by atoms with van der Waals surface area (Å²) in [6.07, 6.45) is 8.87. The number of carbonyl (C=O) groups is 1. The van der Waals surface area contributed by atoms with Gasteiger partial charge in [0.2, 0.25) is 5.95 Å². The largest absolute Gasteiger partial charge is 0.478 e. The third kappa shape index (κ3) is 5.39. The van der Waals surface area contributed by atoms with Gasteiger partial charge in [0.1, 0.15) is 0 Å². The summed E-state index contributed by atoms with van der Waals surface area (Å²) >= 11 is 0. The number of hydrogen-bond donors (Lipinski definition) is 2. The first-order chi connectivity index (χ1) is 14.7. The van der Waals surface area contributed by atoms with Crippen molar-refractivity contribution >= 4 is 11.9 Å². The van der Waals surface area contributed by atoms with Gasteiger partial charge in [0.15, 0.2) is 0 Å². The molecule has 3 aromatic rings. The molecule has 0 saturated carbocycles. The van der Waals surface area contributed by atoms with Gasteiger partial charge in [0, 0.05) is 50.0 Å². The molecule has 2 aromatic heterocycles. The second-order valence-corrected chi connectivity index (χ2v) is 7.74. The van der Waals surface area contributed by atoms with Crippen LogP contribution in [0.3, 0.4) is 0 Å². The van der Waals surface area contributed by atoms with Crippen molar-refractivity contribution in [1.29, 1.82) is 0 Å². The minimum absolute atomic E-state index is 0.250. The minimum atomic E-state index is -0.931. The Morgan fingerprint density at radius 3 is 2.63 bits per heavy atom. The summed E-state index contributed by atoms with van der Waals surface area (Å²) in [7, 11) is 0. The molecule has 0 aliphatic carbocycles. The maximum Gasteiger partial charge on any atom is 0.337 e. The first-order valence-electron chi connectivity index (χ1n) is 10.1. The summed E-state index contributed by atoms with van der Waals surface area (Å²) in [6, 6.07) is 11.9. The summed E-state index contributed by atoms with van der Waals surface area (Å²) < 4.78 is 0. The standard InChI is InChI=1S/C23H25N5O2/c29-22(30)21-9-19(10-24-14-21)8-18-6-7-28(15-18)16-20-12-26-23(27-13-20)25-11-17-4-2-1-3-5-17/h1-5,9-10,12-14,18H,6-8,11,15-16H2,(H,29,30)(H,25,26,27). The first kappa shape index (κ1) is 20.0. The van der Waals surface area contributed by atoms with Crippen LogP contribution in [0.5, 0.6) is 0 Å². The number of pyridine rings is 1. The van der Waals surface area contributed by atoms with E-state index in [1.807, 2.05) is 30.6 Å². The summed E-state index contributed by atoms with van der Waals surface area (Å²) in [6.45, 7) is 3.52. The first-order valence-corrected chi connectivity index (χ1v) is 10.1. The Morgan fingerprint density at radius 1 is 1.07 bits per heavy atom. The Morgan fingerprint density at radius 2 is 1.87 bits per heavy atom. The fourth-order valence-corrected chi connectivity index (χ4v) is 3.84. The Hall–Kier alpha value is -3.32. The molecule has 1 fully saturated rings. The van der Waals surface area contributed by atoms with Crippen molar-refractivity contribution in [2.45, 2.75) is 25.9 Å². The van der Waals surface area contributed by atoms with Gasteiger partial charge in [-0.3, -0.25) is 9.88 Å². The van der Waals surface area contributed by atoms with E-state index in [0.29, 0.717) is 18.4 Å². The number of carboxylic acid groups (broad SMARTS) is 1. The van der Waals surface area contributed by atoms with E-state index in [1.165, 1.54) is 11.8 Å². The number of carboxylic acids is 1. The van der Waals surface area contributed by atoms with Crippen molar-refractivity contribution < 1.29 is 9.90 Å². The van der Waals surface area contributed by atoms with Crippen LogP contribution in [0.15, 0.2) is 61.2 Å². The highest BCUT2D eigenvalue weighted by atomic mass is 16.4. The summed E-state index contributed by atoms with van der Waals surface area (Å²) in [4.78, 5) is 26.4. The molecule has 2 N–H and O–H groups in total. The predicted octanol–water partition coefficient (Wildman–Crippen LogP) is 3.25. The van der Waals surface area contributed by atoms with E-state index in [2.05, 4.69) is 37.3 Å². The fourth-order valence-electron chi connectivity index (χ4n) is 3.84. The van der Waals surface area contributed by atoms with Gasteiger partial charge in [0.05, 0.1) is 5.56 Å². The van der Waals surface area contributed by atoms with Gasteiger partial charge in [0.25, 0.3) is 0 Å². The van der Waals surface area contributed by atoms with Crippen LogP contribution in [0.25, 0.3) is 0 Å². The molecule has 1 atom stereocenters. The molecule has 0 amide bonds. The number of rotatable bonds is 8. The highest BCUT2D eigenvalue weighted by Gasteiger charge is 2.23. The van der Waals surface area contributed by atoms with Crippen LogP contribution in [0.1, 0.15) is 33.5 Å². The Kier molecular flexibility index (Phi) is 6.29. The van der Waals surface area contributed by atoms with Crippen molar-refractivity contribution in [3.8, 4) is 0 Å². The van der Waals surface area contributed by atoms with E-state index < -0.39 is 5.97 Å². The van der Waals surface area contributed by atoms with Gasteiger partial charge < -0.3 is 10.4 Å². The lowest BCUT2D eigenvalue weighted by molar-refractivity contribution is 0.0696. The third-order valence-electron chi connectivity index (χ3n) is 5.34. The van der Waals surface area contributed by atoms with Crippen molar-refractivity contribution in [2.24, 2.45) is 5.92 Å². The van der Waals surface area contributed by atoms with Gasteiger partial charge >= 0.3 is 5.97 Å². The average molecular weight is 403 g/mol. The number of nitrogens with zero attached hydrogens (tertiary/aromatic N) is 4. The molecule has 1 unspecified atom stereocenters. The molecule has 7 heteroatoms. The molecule has 0 spiro atoms. The van der Waals surface area contributed by atoms with E-state index in [1.54, 1.807) is 12.3 Å². The minimum Gasteiger partial charge on any atom is -0.478 e. The number of nitrogens with one attached hydrogen (secondary N) is 1. The number of benzene rings is 1. The number of likely N-dealkylation sites (tertiary alicyclic amines) is 1. The second-order valence-electron chi connectivity index (χ2n) is 7.74. The molecule has 1 saturated heterocycles. The number of aromatic carboxylic acids is 1. The van der Waals surface area contributed by atoms with Gasteiger partial charge in [-0.1, -0.05) is 30.3 Å². The Balaban J connectivity index is 1.26. The smallest absolute Gasteiger partial charge is 0.337 e. The van der Waals surface area contributed by atoms with E-state index >= 15 is 0 Å². The van der Waals surface area contributed by atoms with E-state index in [-0.39, 0.29) is 5.56 Å². The third-order valence-corrected chi connectivity index (χ3v) is 5.34. The van der Waals surface area contributed by atoms with Crippen molar-refractivity contribution in [3.05, 3.63) is 83.4 Å². The molecule has 1 aliphatic rings. The van der Waals surface area contributed by atoms with E-state index in [0.717, 1.165) is 43.6 Å². The lowest BCUT2D eigenvalue weighted by Crippen LogP contribution is -2.21. The van der Waals surface area contributed by atoms with E-state index in [9.17, 15) is 4.79 Å². The van der Waals surface area contributed by atoms with Crippen molar-refractivity contribution in [1.82, 2.24) is 19.9 Å². The molecule has 0 radical (unpaired) electrons. The lowest BCUT2D eigenvalue weighted by Gasteiger charge is -2.16. The summed E-state index contributed by atoms with van der Waals surface area (Å²) in [5.74, 6) is 0.204. The molecular formula is C23H25N5O2. The SMILES string of the molecule is O=C(O)c1cncc(CC2CCN(Cc3cnc(NCc4ccccc4)nc3)C2)c1. The Bertz CT molecular complexity index is 978. The zero-order valence-electron chi connectivity index (χ0n) is 16.7. The molecule has 4 rings (SSSR count). The van der Waals surface area contributed by atoms with Crippen LogP contribution in [0.4, 0.5) is 5.95 Å². The average Bonchev–Trinajstić information content (AvgIpc) is 3.21. The van der Waals surface area contributed by atoms with Gasteiger partial charge in [-0.25, -0.2) is 14.8 Å². The summed E-state index contributed by atoms with van der Waals surface area (Å²) in [5.41, 5.74) is 3.52. The molecule has 1 aromatic carbocycles. The monoisotopic (exact) mass is 403 g/mol. The second kappa shape index (κ2) is 9.45. The lowest BCUT2D eigenvalue weighted by atomic mass is 9.99. The predicted molar refractivity (Wildman–Crippen MR) is 114 cm³/mol. The van der Waals surface area contributed by atoms with Gasteiger partial charge in [-0.15, -0.1) is 0 Å². The van der Waals surface area contributed by atoms with Crippen molar-refractivity contribution in [2.75, 3.05) is 18.4 Å². The molecule has 0 bridgehead atoms. The highest BCUT2D eigenvalue weighted by molar-refractivity contribution is 5.87. The number of anilines is 1. The zero-order valence-corrected chi connectivity index (χ0v) is 16.7. The molecule has 3 heterocycles. The highest BCUT2D eigenvalue weighted by Crippen LogP contribution is 2.22. The van der Waals surface area contributed by atoms with Crippen LogP contribution in [0.2, 0.25) is 0 Å². The molecule has 154 valence electrons. The molecular weight excluding hydrogens is 378 g/mol. The topological polar surface area (TPSA) is 91.2 Å². The molecule has 7 nitrogen and oxygen atoms in total. The van der Waals surface area contributed by atoms with Gasteiger partial charge in [-0.05, 0) is 42.5 Å². The zero-order chi connectivity index (χ0) is 20.8. The Labute approximate surface area is 175 Å². The van der Waals surface area contributed by atoms with Crippen molar-refractivity contribution in [3.63, 3.8) is 0 Å². The fraction of sp³-hybridized carbons (Fsp3) is 0.304. The maximum atomic E-state index is 11.1. The van der Waals surface area contributed by atoms with Crippen LogP contribution >= 0.6 is 0 Å². The normalized spacial score (nSPS) is 16.5. The van der Waals surface area contributed by atoms with Crippen LogP contribution in [-0.4, -0.2) is 44.0 Å². The molecule has 30 heavy (non-hydrogen) atoms. The summed E-state index contributed by atoms with van der Waals surface area (Å²) in [5, 5.41) is 12.4. The van der Waals surface area contributed by atoms with Crippen LogP contribution in [-0.2, 0) is 19.5 Å². The number of hydrogen-bond acceptors (Lipinski definition) is 6. The number of aromatic nitrogens is 3. The molecule has 1 aliphatic heterocycles. The maximum absolute atomic E-state index is 11.1. The van der Waals surface area contributed by atoms with Crippen LogP contribution in [0, 0.1) is 5.92 Å². The quantitative estimate of drug-likeness (QED) is 0.596. The van der Waals surface area contributed by atoms with Crippen LogP contribution < -0.4 is 5.32 Å².